The number of hydrogen-bond acceptors (Lipinski definition) is 3. The second-order valence-electron chi connectivity index (χ2n) is 3.00. The number of rotatable bonds is 6. The van der Waals surface area contributed by atoms with Crippen LogP contribution in [0.2, 0.25) is 5.02 Å². The highest BCUT2D eigenvalue weighted by atomic mass is 35.5. The van der Waals surface area contributed by atoms with E-state index in [1.807, 2.05) is 0 Å². The van der Waals surface area contributed by atoms with Crippen LogP contribution in [0.3, 0.4) is 0 Å². The molecule has 0 aliphatic carbocycles. The van der Waals surface area contributed by atoms with E-state index in [0.29, 0.717) is 23.7 Å². The van der Waals surface area contributed by atoms with Crippen molar-refractivity contribution < 1.29 is 9.53 Å². The molecule has 5 heteroatoms. The molecule has 0 saturated carbocycles. The Morgan fingerprint density at radius 1 is 1.69 bits per heavy atom. The lowest BCUT2D eigenvalue weighted by Gasteiger charge is -2.05. The molecule has 16 heavy (non-hydrogen) atoms. The molecule has 1 heterocycles. The largest absolute Gasteiger partial charge is 0.502 e. The number of halogens is 1. The number of nitrogens with one attached hydrogen (secondary N) is 1. The maximum absolute atomic E-state index is 11.6. The van der Waals surface area contributed by atoms with Gasteiger partial charge in [-0.05, 0) is 12.5 Å². The predicted octanol–water partition coefficient (Wildman–Crippen LogP) is 2.02. The summed E-state index contributed by atoms with van der Waals surface area (Å²) < 4.78 is 4.92. The Bertz CT molecular complexity index is 369. The average Bonchev–Trinajstić information content (AvgIpc) is 2.29. The van der Waals surface area contributed by atoms with Crippen molar-refractivity contribution in [2.75, 3.05) is 13.2 Å². The van der Waals surface area contributed by atoms with Crippen LogP contribution in [0.1, 0.15) is 16.8 Å². The molecule has 0 aliphatic rings. The number of hydrogen-bond donors (Lipinski definition) is 1. The third-order valence-corrected chi connectivity index (χ3v) is 2.18. The quantitative estimate of drug-likeness (QED) is 0.611. The van der Waals surface area contributed by atoms with Gasteiger partial charge in [-0.1, -0.05) is 18.2 Å². The van der Waals surface area contributed by atoms with Crippen LogP contribution in [-0.4, -0.2) is 24.0 Å². The highest BCUT2D eigenvalue weighted by Crippen LogP contribution is 2.12. The van der Waals surface area contributed by atoms with Gasteiger partial charge in [0.05, 0.1) is 23.5 Å². The third kappa shape index (κ3) is 3.90. The average molecular weight is 241 g/mol. The van der Waals surface area contributed by atoms with E-state index in [1.165, 1.54) is 18.7 Å². The first-order valence-corrected chi connectivity index (χ1v) is 5.23. The molecule has 86 valence electrons. The SMILES string of the molecule is C=COCCCNC(=O)c1cnccc1Cl. The molecule has 0 aromatic carbocycles. The summed E-state index contributed by atoms with van der Waals surface area (Å²) in [4.78, 5) is 15.4. The Kier molecular flexibility index (Phi) is 5.36. The topological polar surface area (TPSA) is 51.2 Å². The molecule has 0 saturated heterocycles. The van der Waals surface area contributed by atoms with Gasteiger partial charge in [0.2, 0.25) is 0 Å². The molecule has 0 unspecified atom stereocenters. The molecule has 0 fully saturated rings. The van der Waals surface area contributed by atoms with Gasteiger partial charge in [-0.3, -0.25) is 9.78 Å². The summed E-state index contributed by atoms with van der Waals surface area (Å²) in [6.07, 6.45) is 5.07. The maximum atomic E-state index is 11.6. The van der Waals surface area contributed by atoms with E-state index in [4.69, 9.17) is 16.3 Å². The van der Waals surface area contributed by atoms with Crippen LogP contribution in [0.5, 0.6) is 0 Å². The molecular formula is C11H13ClN2O2. The van der Waals surface area contributed by atoms with E-state index in [9.17, 15) is 4.79 Å². The van der Waals surface area contributed by atoms with Crippen molar-refractivity contribution in [2.45, 2.75) is 6.42 Å². The van der Waals surface area contributed by atoms with Crippen molar-refractivity contribution in [1.29, 1.82) is 0 Å². The molecule has 0 spiro atoms. The summed E-state index contributed by atoms with van der Waals surface area (Å²) in [7, 11) is 0. The summed E-state index contributed by atoms with van der Waals surface area (Å²) in [5, 5.41) is 3.12. The molecule has 1 amide bonds. The first-order valence-electron chi connectivity index (χ1n) is 4.86. The van der Waals surface area contributed by atoms with Crippen molar-refractivity contribution in [1.82, 2.24) is 10.3 Å². The van der Waals surface area contributed by atoms with E-state index in [0.717, 1.165) is 6.42 Å². The van der Waals surface area contributed by atoms with Crippen LogP contribution < -0.4 is 5.32 Å². The molecule has 0 bridgehead atoms. The second-order valence-corrected chi connectivity index (χ2v) is 3.41. The van der Waals surface area contributed by atoms with Crippen molar-refractivity contribution >= 4 is 17.5 Å². The second kappa shape index (κ2) is 6.85. The first-order chi connectivity index (χ1) is 7.75. The third-order valence-electron chi connectivity index (χ3n) is 1.85. The Hall–Kier alpha value is -1.55. The highest BCUT2D eigenvalue weighted by molar-refractivity contribution is 6.33. The van der Waals surface area contributed by atoms with E-state index >= 15 is 0 Å². The number of nitrogens with zero attached hydrogens (tertiary/aromatic N) is 1. The Morgan fingerprint density at radius 2 is 2.50 bits per heavy atom. The van der Waals surface area contributed by atoms with Crippen LogP contribution in [0.25, 0.3) is 0 Å². The summed E-state index contributed by atoms with van der Waals surface area (Å²) in [5.41, 5.74) is 0.383. The fraction of sp³-hybridized carbons (Fsp3) is 0.273. The predicted molar refractivity (Wildman–Crippen MR) is 62.3 cm³/mol. The van der Waals surface area contributed by atoms with Crippen LogP contribution in [0.4, 0.5) is 0 Å². The fourth-order valence-corrected chi connectivity index (χ4v) is 1.27. The van der Waals surface area contributed by atoms with Gasteiger partial charge in [-0.2, -0.15) is 0 Å². The molecule has 1 aromatic rings. The zero-order chi connectivity index (χ0) is 11.8. The van der Waals surface area contributed by atoms with E-state index in [2.05, 4.69) is 16.9 Å². The number of aromatic nitrogens is 1. The number of ether oxygens (including phenoxy) is 1. The monoisotopic (exact) mass is 240 g/mol. The molecule has 1 aromatic heterocycles. The van der Waals surface area contributed by atoms with E-state index in [1.54, 1.807) is 6.07 Å². The first kappa shape index (κ1) is 12.5. The number of pyridine rings is 1. The van der Waals surface area contributed by atoms with Gasteiger partial charge < -0.3 is 10.1 Å². The van der Waals surface area contributed by atoms with Crippen LogP contribution in [-0.2, 0) is 4.74 Å². The molecule has 1 rings (SSSR count). The fourth-order valence-electron chi connectivity index (χ4n) is 1.08. The van der Waals surface area contributed by atoms with Gasteiger partial charge >= 0.3 is 0 Å². The summed E-state index contributed by atoms with van der Waals surface area (Å²) in [6, 6.07) is 1.58. The Balaban J connectivity index is 2.36. The van der Waals surface area contributed by atoms with Crippen molar-refractivity contribution in [3.05, 3.63) is 41.9 Å². The van der Waals surface area contributed by atoms with Gasteiger partial charge in [-0.25, -0.2) is 0 Å². The number of carbonyl (C=O) groups is 1. The van der Waals surface area contributed by atoms with Crippen molar-refractivity contribution in [3.63, 3.8) is 0 Å². The van der Waals surface area contributed by atoms with Gasteiger partial charge in [0, 0.05) is 18.9 Å². The van der Waals surface area contributed by atoms with Gasteiger partial charge in [0.15, 0.2) is 0 Å². The minimum absolute atomic E-state index is 0.225. The van der Waals surface area contributed by atoms with E-state index in [-0.39, 0.29) is 5.91 Å². The molecular weight excluding hydrogens is 228 g/mol. The molecule has 0 atom stereocenters. The smallest absolute Gasteiger partial charge is 0.254 e. The number of carbonyl (C=O) groups excluding carboxylic acids is 1. The number of amides is 1. The summed E-state index contributed by atoms with van der Waals surface area (Å²) in [5.74, 6) is -0.225. The maximum Gasteiger partial charge on any atom is 0.254 e. The Labute approximate surface area is 99.3 Å². The zero-order valence-electron chi connectivity index (χ0n) is 8.78. The molecule has 0 aliphatic heterocycles. The normalized spacial score (nSPS) is 9.56. The minimum atomic E-state index is -0.225. The van der Waals surface area contributed by atoms with Gasteiger partial charge in [0.25, 0.3) is 5.91 Å². The van der Waals surface area contributed by atoms with Crippen molar-refractivity contribution in [2.24, 2.45) is 0 Å². The molecule has 4 nitrogen and oxygen atoms in total. The Morgan fingerprint density at radius 3 is 3.19 bits per heavy atom. The zero-order valence-corrected chi connectivity index (χ0v) is 9.54. The minimum Gasteiger partial charge on any atom is -0.502 e. The molecule has 0 radical (unpaired) electrons. The molecule has 1 N–H and O–H groups in total. The van der Waals surface area contributed by atoms with Crippen LogP contribution in [0, 0.1) is 0 Å². The van der Waals surface area contributed by atoms with Crippen LogP contribution in [0.15, 0.2) is 31.3 Å². The summed E-state index contributed by atoms with van der Waals surface area (Å²) >= 11 is 5.84. The highest BCUT2D eigenvalue weighted by Gasteiger charge is 2.08. The van der Waals surface area contributed by atoms with E-state index < -0.39 is 0 Å². The van der Waals surface area contributed by atoms with Crippen molar-refractivity contribution in [3.8, 4) is 0 Å². The summed E-state index contributed by atoms with van der Waals surface area (Å²) in [6.45, 7) is 4.48. The van der Waals surface area contributed by atoms with Crippen LogP contribution >= 0.6 is 11.6 Å². The lowest BCUT2D eigenvalue weighted by Crippen LogP contribution is -2.25. The lowest BCUT2D eigenvalue weighted by molar-refractivity contribution is 0.0950. The van der Waals surface area contributed by atoms with Gasteiger partial charge in [-0.15, -0.1) is 0 Å². The van der Waals surface area contributed by atoms with Gasteiger partial charge in [0.1, 0.15) is 0 Å². The standard InChI is InChI=1S/C11H13ClN2O2/c1-2-16-7-3-5-14-11(15)9-8-13-6-4-10(9)12/h2,4,6,8H,1,3,5,7H2,(H,14,15). The lowest BCUT2D eigenvalue weighted by atomic mass is 10.2.